The first-order chi connectivity index (χ1) is 35.9. The van der Waals surface area contributed by atoms with Crippen molar-refractivity contribution in [2.24, 2.45) is 17.9 Å². The molecule has 12 rings (SSSR count). The summed E-state index contributed by atoms with van der Waals surface area (Å²) in [6, 6.07) is 24.0. The topological polar surface area (TPSA) is 175 Å². The number of fused-ring (bicyclic) bond motifs is 4. The van der Waals surface area contributed by atoms with E-state index in [0.717, 1.165) is 44.8 Å². The number of piperidine rings is 2. The summed E-state index contributed by atoms with van der Waals surface area (Å²) >= 11 is 1.25. The largest absolute Gasteiger partial charge is 0.356 e. The minimum absolute atomic E-state index is 0.00564. The van der Waals surface area contributed by atoms with Gasteiger partial charge in [0.2, 0.25) is 25.8 Å². The van der Waals surface area contributed by atoms with Gasteiger partial charge in [-0.1, -0.05) is 28.8 Å². The van der Waals surface area contributed by atoms with Crippen LogP contribution in [0.3, 0.4) is 0 Å². The highest BCUT2D eigenvalue weighted by atomic mass is 32.2. The van der Waals surface area contributed by atoms with Crippen molar-refractivity contribution >= 4 is 55.1 Å². The number of nitrogens with zero attached hydrogens (tertiary/aromatic N) is 9. The number of carbonyl (C=O) groups is 2. The van der Waals surface area contributed by atoms with Gasteiger partial charge in [0.1, 0.15) is 17.3 Å². The Morgan fingerprint density at radius 3 is 1.65 bits per heavy atom. The maximum absolute atomic E-state index is 14.2. The van der Waals surface area contributed by atoms with Crippen LogP contribution in [0.1, 0.15) is 66.8 Å². The van der Waals surface area contributed by atoms with Crippen molar-refractivity contribution in [3.63, 3.8) is 0 Å². The molecule has 382 valence electrons. The molecule has 0 radical (unpaired) electrons. The van der Waals surface area contributed by atoms with Crippen LogP contribution in [0.5, 0.6) is 0 Å². The average molecular weight is 1070 g/mol. The van der Waals surface area contributed by atoms with Gasteiger partial charge in [-0.25, -0.2) is 40.0 Å². The van der Waals surface area contributed by atoms with E-state index in [1.54, 1.807) is 124 Å². The van der Waals surface area contributed by atoms with Crippen LogP contribution in [0, 0.1) is 36.3 Å². The number of aryl methyl sites for hydroxylation is 3. The molecule has 0 bridgehead atoms. The van der Waals surface area contributed by atoms with Crippen molar-refractivity contribution in [2.45, 2.75) is 49.3 Å². The van der Waals surface area contributed by atoms with Crippen molar-refractivity contribution in [3.8, 4) is 11.4 Å². The summed E-state index contributed by atoms with van der Waals surface area (Å²) < 4.78 is 89.5. The minimum Gasteiger partial charge on any atom is -0.356 e. The number of carbonyl (C=O) groups excluding carboxylic acids is 2. The van der Waals surface area contributed by atoms with Gasteiger partial charge in [-0.2, -0.15) is 18.8 Å². The zero-order chi connectivity index (χ0) is 52.4. The fourth-order valence-corrected chi connectivity index (χ4v) is 14.4. The maximum Gasteiger partial charge on any atom is 0.244 e. The second-order valence-corrected chi connectivity index (χ2v) is 24.2. The molecule has 20 heteroatoms. The Morgan fingerprint density at radius 2 is 1.16 bits per heavy atom. The zero-order valence-corrected chi connectivity index (χ0v) is 43.4. The second kappa shape index (κ2) is 19.1. The summed E-state index contributed by atoms with van der Waals surface area (Å²) in [6.07, 6.45) is 15.1. The first-order valence-corrected chi connectivity index (χ1v) is 27.9. The highest BCUT2D eigenvalue weighted by Crippen LogP contribution is 2.49. The molecule has 0 unspecified atom stereocenters. The molecule has 2 aliphatic carbocycles. The number of rotatable bonds is 10. The number of sulfonamides is 2. The molecule has 7 heterocycles. The van der Waals surface area contributed by atoms with Gasteiger partial charge in [-0.15, -0.1) is 11.3 Å². The van der Waals surface area contributed by atoms with E-state index in [4.69, 9.17) is 0 Å². The molecule has 75 heavy (non-hydrogen) atoms. The molecule has 3 aromatic carbocycles. The van der Waals surface area contributed by atoms with E-state index in [0.29, 0.717) is 41.3 Å². The van der Waals surface area contributed by atoms with Gasteiger partial charge in [0.05, 0.1) is 55.8 Å². The summed E-state index contributed by atoms with van der Waals surface area (Å²) in [5.41, 5.74) is 6.36. The Balaban J connectivity index is 0.000000161. The number of benzene rings is 3. The smallest absolute Gasteiger partial charge is 0.244 e. The van der Waals surface area contributed by atoms with Gasteiger partial charge in [-0.05, 0) is 147 Å². The molecule has 15 nitrogen and oxygen atoms in total. The average Bonchev–Trinajstić information content (AvgIpc) is 4.27. The predicted octanol–water partition coefficient (Wildman–Crippen LogP) is 8.64. The zero-order valence-electron chi connectivity index (χ0n) is 41.0. The minimum atomic E-state index is -3.82. The monoisotopic (exact) mass is 1070 g/mol. The number of thiazole rings is 1. The van der Waals surface area contributed by atoms with Crippen LogP contribution in [0.2, 0.25) is 0 Å². The van der Waals surface area contributed by atoms with Crippen molar-refractivity contribution in [3.05, 3.63) is 201 Å². The number of aromatic nitrogens is 7. The van der Waals surface area contributed by atoms with E-state index in [1.807, 2.05) is 32.1 Å². The first-order valence-electron chi connectivity index (χ1n) is 24.1. The molecule has 0 saturated carbocycles. The number of ketones is 2. The lowest BCUT2D eigenvalue weighted by molar-refractivity contribution is 0.0765. The quantitative estimate of drug-likeness (QED) is 0.121. The first kappa shape index (κ1) is 49.8. The summed E-state index contributed by atoms with van der Waals surface area (Å²) in [5, 5.41) is 11.2. The van der Waals surface area contributed by atoms with E-state index in [2.05, 4.69) is 20.2 Å². The molecule has 0 spiro atoms. The van der Waals surface area contributed by atoms with E-state index in [1.165, 1.54) is 44.2 Å². The van der Waals surface area contributed by atoms with Crippen LogP contribution < -0.4 is 0 Å². The van der Waals surface area contributed by atoms with Gasteiger partial charge in [0, 0.05) is 63.4 Å². The SMILES string of the molecule is Cc1ccc(S(=O)(=O)N2CCC3=Cc4c(cnn4-c4ccc(F)cc4)C[C@]3(C(=O)c3nccs3)C2)cc1.Cc1ccnc(C(=O)[C@]23Cc4cnn(-c5ccc(F)cc5)c4C=C2CCN(S(=O)(=O)c2ccn(C)c2)C3)c1. The predicted molar refractivity (Wildman–Crippen MR) is 278 cm³/mol. The molecule has 2 aliphatic heterocycles. The van der Waals surface area contributed by atoms with Crippen LogP contribution >= 0.6 is 11.3 Å². The van der Waals surface area contributed by atoms with Crippen molar-refractivity contribution in [1.82, 2.24) is 42.7 Å². The Bertz CT molecular complexity index is 3830. The highest BCUT2D eigenvalue weighted by molar-refractivity contribution is 7.89. The van der Waals surface area contributed by atoms with Crippen LogP contribution in [-0.2, 0) is 39.9 Å². The summed E-state index contributed by atoms with van der Waals surface area (Å²) in [6.45, 7) is 4.34. The number of hydrogen-bond donors (Lipinski definition) is 0. The molecule has 0 amide bonds. The standard InChI is InChI=1S/C28H26FN5O3S.C27H23FN4O3S2/c1-19-7-10-30-25(13-19)27(35)28-15-20-16-31-34(23-5-3-22(29)4-6-23)26(20)14-21(28)8-12-33(18-28)38(36,37)24-9-11-32(2)17-24;1-18-2-8-23(9-3-18)37(34,35)31-12-10-20-14-24-19(16-30-32(24)22-6-4-21(28)5-7-22)15-27(20,17-31)25(33)26-29-11-13-36-26/h3-7,9-11,13-14,16-17H,8,12,15,18H2,1-2H3;2-9,11,13-14,16H,10,12,15,17H2,1H3/t28-;27-/m00/s1. The molecular weight excluding hydrogens is 1020 g/mol. The van der Waals surface area contributed by atoms with E-state index >= 15 is 0 Å². The Labute approximate surface area is 436 Å². The Morgan fingerprint density at radius 1 is 0.627 bits per heavy atom. The lowest BCUT2D eigenvalue weighted by atomic mass is 9.65. The third kappa shape index (κ3) is 8.92. The molecule has 5 aromatic heterocycles. The number of halogens is 2. The molecular formula is C55H49F2N9O6S3. The van der Waals surface area contributed by atoms with Crippen molar-refractivity contribution < 1.29 is 35.2 Å². The van der Waals surface area contributed by atoms with E-state index < -0.39 is 30.9 Å². The normalized spacial score (nSPS) is 19.6. The van der Waals surface area contributed by atoms with Crippen LogP contribution in [0.25, 0.3) is 23.5 Å². The fourth-order valence-electron chi connectivity index (χ4n) is 10.7. The van der Waals surface area contributed by atoms with Crippen molar-refractivity contribution in [1.29, 1.82) is 0 Å². The number of Topliss-reactive ketones (excluding diaryl/α,β-unsaturated/α-hetero) is 2. The molecule has 2 saturated heterocycles. The summed E-state index contributed by atoms with van der Waals surface area (Å²) in [5.74, 6) is -1.06. The molecule has 4 aliphatic rings. The molecule has 2 fully saturated rings. The Kier molecular flexibility index (Phi) is 12.7. The lowest BCUT2D eigenvalue weighted by Gasteiger charge is -2.44. The van der Waals surface area contributed by atoms with E-state index in [-0.39, 0.29) is 65.6 Å². The van der Waals surface area contributed by atoms with Gasteiger partial charge >= 0.3 is 0 Å². The number of pyridine rings is 1. The molecule has 8 aromatic rings. The second-order valence-electron chi connectivity index (χ2n) is 19.5. The number of hydrogen-bond acceptors (Lipinski definition) is 11. The van der Waals surface area contributed by atoms with Gasteiger partial charge in [0.25, 0.3) is 0 Å². The lowest BCUT2D eigenvalue weighted by Crippen LogP contribution is -2.53. The van der Waals surface area contributed by atoms with Crippen molar-refractivity contribution in [2.75, 3.05) is 26.2 Å². The third-order valence-electron chi connectivity index (χ3n) is 14.6. The Hall–Kier alpha value is -7.36. The van der Waals surface area contributed by atoms with Crippen LogP contribution in [-0.4, -0.2) is 97.3 Å². The molecule has 2 atom stereocenters. The fraction of sp³-hybridized carbons (Fsp3) is 0.236. The van der Waals surface area contributed by atoms with Crippen LogP contribution in [0.4, 0.5) is 8.78 Å². The van der Waals surface area contributed by atoms with Gasteiger partial charge < -0.3 is 4.57 Å². The van der Waals surface area contributed by atoms with Gasteiger partial charge in [0.15, 0.2) is 10.8 Å². The highest BCUT2D eigenvalue weighted by Gasteiger charge is 2.53. The van der Waals surface area contributed by atoms with Gasteiger partial charge in [-0.3, -0.25) is 14.6 Å². The third-order valence-corrected chi connectivity index (χ3v) is 19.1. The van der Waals surface area contributed by atoms with E-state index in [9.17, 15) is 35.2 Å². The summed E-state index contributed by atoms with van der Waals surface area (Å²) in [7, 11) is -5.86. The maximum atomic E-state index is 14.2. The van der Waals surface area contributed by atoms with Crippen LogP contribution in [0.15, 0.2) is 154 Å². The molecule has 0 N–H and O–H groups in total. The summed E-state index contributed by atoms with van der Waals surface area (Å²) in [4.78, 5) is 37.3.